The minimum Gasteiger partial charge on any atom is -0.504 e. The van der Waals surface area contributed by atoms with Crippen molar-refractivity contribution >= 4 is 61.4 Å². The average Bonchev–Trinajstić information content (AvgIpc) is 3.72. The number of nitrogens with two attached hydrogens (primary N) is 3. The lowest BCUT2D eigenvalue weighted by atomic mass is 10.2. The number of aliphatic hydroxyl groups excluding tert-OH is 2. The van der Waals surface area contributed by atoms with Crippen LogP contribution in [0.3, 0.4) is 0 Å². The highest BCUT2D eigenvalue weighted by molar-refractivity contribution is 7.47. The molecule has 0 saturated carbocycles. The summed E-state index contributed by atoms with van der Waals surface area (Å²) in [6.45, 7) is -1.77. The lowest BCUT2D eigenvalue weighted by molar-refractivity contribution is -0.0124. The van der Waals surface area contributed by atoms with E-state index in [-0.39, 0.29) is 57.7 Å². The van der Waals surface area contributed by atoms with E-state index in [0.717, 1.165) is 21.8 Å². The Labute approximate surface area is 253 Å². The Morgan fingerprint density at radius 1 is 0.957 bits per heavy atom. The first kappa shape index (κ1) is 29.7. The van der Waals surface area contributed by atoms with E-state index in [9.17, 15) is 33.9 Å². The molecule has 46 heavy (non-hydrogen) atoms. The van der Waals surface area contributed by atoms with Gasteiger partial charge in [-0.3, -0.25) is 37.7 Å². The highest BCUT2D eigenvalue weighted by Gasteiger charge is 2.45. The molecule has 23 nitrogen and oxygen atoms in total. The number of aromatic amines is 1. The van der Waals surface area contributed by atoms with Crippen molar-refractivity contribution in [2.75, 3.05) is 30.4 Å². The average molecular weight is 681 g/mol. The molecule has 6 heterocycles. The van der Waals surface area contributed by atoms with Crippen LogP contribution in [0.25, 0.3) is 28.0 Å². The summed E-state index contributed by atoms with van der Waals surface area (Å²) in [7, 11) is -10.3. The molecule has 0 aromatic carbocycles. The van der Waals surface area contributed by atoms with E-state index in [2.05, 4.69) is 29.9 Å². The van der Waals surface area contributed by atoms with Gasteiger partial charge in [-0.05, 0) is 0 Å². The largest absolute Gasteiger partial charge is 0.528 e. The maximum Gasteiger partial charge on any atom is 0.528 e. The van der Waals surface area contributed by atoms with Crippen LogP contribution in [0.5, 0.6) is 0 Å². The van der Waals surface area contributed by atoms with Crippen LogP contribution in [0.1, 0.15) is 12.6 Å². The zero-order chi connectivity index (χ0) is 32.7. The Balaban J connectivity index is 1.26. The molecule has 2 bridgehead atoms. The Bertz CT molecular complexity index is 2220. The number of rotatable bonds is 2. The van der Waals surface area contributed by atoms with Gasteiger partial charge in [0.2, 0.25) is 18.1 Å². The summed E-state index contributed by atoms with van der Waals surface area (Å²) in [5.74, 6) is -3.20. The molecule has 2 aliphatic heterocycles. The van der Waals surface area contributed by atoms with E-state index < -0.39 is 69.8 Å². The van der Waals surface area contributed by atoms with Gasteiger partial charge in [0.25, 0.3) is 5.56 Å². The highest BCUT2D eigenvalue weighted by atomic mass is 31.2. The molecule has 0 radical (unpaired) electrons. The molecule has 1 aliphatic carbocycles. The number of aliphatic hydroxyl groups is 2. The van der Waals surface area contributed by atoms with Crippen LogP contribution < -0.4 is 22.8 Å². The van der Waals surface area contributed by atoms with Gasteiger partial charge in [-0.25, -0.2) is 19.1 Å². The summed E-state index contributed by atoms with van der Waals surface area (Å²) < 4.78 is 54.9. The van der Waals surface area contributed by atoms with Crippen LogP contribution in [0.2, 0.25) is 0 Å². The first-order valence-electron chi connectivity index (χ1n) is 12.8. The number of fused-ring (bicyclic) bond motifs is 3. The van der Waals surface area contributed by atoms with E-state index in [1.54, 1.807) is 0 Å². The number of ether oxygens (including phenoxy) is 1. The minimum absolute atomic E-state index is 0.00767. The van der Waals surface area contributed by atoms with Gasteiger partial charge in [-0.15, -0.1) is 0 Å². The number of hydrogen-bond donors (Lipinski definition) is 8. The van der Waals surface area contributed by atoms with Gasteiger partial charge in [0.05, 0.1) is 12.3 Å². The number of nitrogens with one attached hydrogen (secondary N) is 1. The molecule has 4 aromatic rings. The maximum atomic E-state index is 13.2. The molecule has 3 aliphatic rings. The number of aromatic nitrogens is 8. The number of phosphoric acid groups is 2. The van der Waals surface area contributed by atoms with Crippen molar-refractivity contribution in [1.82, 2.24) is 39.0 Å². The number of phosphoric ester groups is 2. The van der Waals surface area contributed by atoms with Crippen molar-refractivity contribution in [2.24, 2.45) is 0 Å². The number of H-pyrrole nitrogens is 1. The van der Waals surface area contributed by atoms with Gasteiger partial charge < -0.3 is 41.2 Å². The predicted octanol–water partition coefficient (Wildman–Crippen LogP) is -0.527. The van der Waals surface area contributed by atoms with E-state index in [1.807, 2.05) is 0 Å². The van der Waals surface area contributed by atoms with Gasteiger partial charge in [0.15, 0.2) is 51.8 Å². The molecular formula is C21H21N11O12P2. The Kier molecular flexibility index (Phi) is 6.61. The topological polar surface area (TPSA) is 346 Å². The normalized spacial score (nSPS) is 27.2. The molecule has 4 aromatic heterocycles. The minimum atomic E-state index is -5.18. The van der Waals surface area contributed by atoms with Crippen LogP contribution in [0.15, 0.2) is 46.1 Å². The van der Waals surface area contributed by atoms with E-state index in [1.165, 1.54) is 0 Å². The summed E-state index contributed by atoms with van der Waals surface area (Å²) in [5.41, 5.74) is 16.1. The zero-order valence-corrected chi connectivity index (χ0v) is 24.5. The van der Waals surface area contributed by atoms with E-state index >= 15 is 0 Å². The Morgan fingerprint density at radius 3 is 2.46 bits per heavy atom. The molecular weight excluding hydrogens is 660 g/mol. The first-order chi connectivity index (χ1) is 21.7. The smallest absolute Gasteiger partial charge is 0.504 e. The molecule has 0 spiro atoms. The molecule has 0 amide bonds. The molecule has 11 N–H and O–H groups in total. The van der Waals surface area contributed by atoms with Crippen molar-refractivity contribution in [3.8, 4) is 0 Å². The molecule has 0 saturated heterocycles. The van der Waals surface area contributed by atoms with E-state index in [4.69, 9.17) is 40.0 Å². The fourth-order valence-electron chi connectivity index (χ4n) is 4.91. The third-order valence-corrected chi connectivity index (χ3v) is 8.66. The van der Waals surface area contributed by atoms with Crippen LogP contribution in [-0.4, -0.2) is 78.4 Å². The second kappa shape index (κ2) is 10.3. The summed E-state index contributed by atoms with van der Waals surface area (Å²) in [5, 5.41) is 22.1. The maximum absolute atomic E-state index is 13.2. The number of hydrogen-bond acceptors (Lipinski definition) is 18. The second-order valence-electron chi connectivity index (χ2n) is 9.84. The number of allylic oxidation sites excluding steroid dienone is 1. The SMILES string of the molecule is Nc1nc(N)c2ncn([C@@H]3OC4=C(OP(=O)(O)OCC5=C(O)C(=C(n6cnc7c(=O)[nH]c(N)nc76)C5)OP(=O)(O)OC4)C3O)c2n1. The van der Waals surface area contributed by atoms with Gasteiger partial charge in [-0.1, -0.05) is 0 Å². The van der Waals surface area contributed by atoms with Crippen molar-refractivity contribution < 1.29 is 52.0 Å². The zero-order valence-electron chi connectivity index (χ0n) is 22.7. The molecule has 0 fully saturated rings. The second-order valence-corrected chi connectivity index (χ2v) is 12.6. The summed E-state index contributed by atoms with van der Waals surface area (Å²) >= 11 is 0. The lowest BCUT2D eigenvalue weighted by Crippen LogP contribution is -2.23. The van der Waals surface area contributed by atoms with Gasteiger partial charge in [-0.2, -0.15) is 15.0 Å². The number of nitrogens with zero attached hydrogens (tertiary/aromatic N) is 7. The lowest BCUT2D eigenvalue weighted by Gasteiger charge is -2.19. The Morgan fingerprint density at radius 2 is 1.67 bits per heavy atom. The van der Waals surface area contributed by atoms with Crippen molar-refractivity contribution in [3.05, 3.63) is 51.6 Å². The van der Waals surface area contributed by atoms with Crippen molar-refractivity contribution in [1.29, 1.82) is 0 Å². The fraction of sp³-hybridized carbons (Fsp3) is 0.238. The van der Waals surface area contributed by atoms with Crippen LogP contribution >= 0.6 is 15.6 Å². The summed E-state index contributed by atoms with van der Waals surface area (Å²) in [6.07, 6.45) is -1.41. The van der Waals surface area contributed by atoms with E-state index in [0.29, 0.717) is 0 Å². The summed E-state index contributed by atoms with van der Waals surface area (Å²) in [4.78, 5) is 55.7. The fourth-order valence-corrected chi connectivity index (χ4v) is 6.50. The Hall–Kier alpha value is -5.02. The number of nitrogen functional groups attached to an aromatic ring is 3. The van der Waals surface area contributed by atoms with Gasteiger partial charge in [0, 0.05) is 12.0 Å². The predicted molar refractivity (Wildman–Crippen MR) is 151 cm³/mol. The molecule has 7 rings (SSSR count). The first-order valence-corrected chi connectivity index (χ1v) is 15.8. The van der Waals surface area contributed by atoms with Crippen LogP contribution in [0.4, 0.5) is 17.7 Å². The summed E-state index contributed by atoms with van der Waals surface area (Å²) in [6, 6.07) is 0. The quantitative estimate of drug-likeness (QED) is 0.123. The van der Waals surface area contributed by atoms with Crippen LogP contribution in [0, 0.1) is 0 Å². The number of anilines is 3. The van der Waals surface area contributed by atoms with Gasteiger partial charge >= 0.3 is 15.6 Å². The van der Waals surface area contributed by atoms with Crippen molar-refractivity contribution in [2.45, 2.75) is 18.8 Å². The van der Waals surface area contributed by atoms with Crippen LogP contribution in [-0.2, 0) is 32.0 Å². The third kappa shape index (κ3) is 4.91. The molecule has 3 unspecified atom stereocenters. The third-order valence-electron chi connectivity index (χ3n) is 6.91. The number of imidazole rings is 2. The molecule has 25 heteroatoms. The highest BCUT2D eigenvalue weighted by Crippen LogP contribution is 2.55. The standard InChI is InChI=1S/C21H21N11O12P2/c22-15-9-16(28-20(23)27-15)32(5-25-9)19-12(34)14-8(42-19)3-41-46(38,39)43-13-7(1-6(11(13)33)2-40-45(36,37)44-14)31-4-26-10-17(31)29-21(24)30-18(10)35/h4-5,12,19,33-34H,1-3H2,(H,36,37)(H,38,39)(H4,22,23,27,28)(H3,24,29,30,35)/t12?,19-/m1/s1. The molecule has 4 atom stereocenters. The monoisotopic (exact) mass is 681 g/mol. The molecule has 242 valence electrons. The van der Waals surface area contributed by atoms with Crippen molar-refractivity contribution in [3.63, 3.8) is 0 Å². The van der Waals surface area contributed by atoms with Gasteiger partial charge in [0.1, 0.15) is 24.8 Å².